The van der Waals surface area contributed by atoms with Gasteiger partial charge in [0.05, 0.1) is 13.2 Å². The largest absolute Gasteiger partial charge is 0.378 e. The number of nitrogens with one attached hydrogen (secondary N) is 1. The van der Waals surface area contributed by atoms with E-state index in [9.17, 15) is 9.59 Å². The lowest BCUT2D eigenvalue weighted by molar-refractivity contribution is 0.0933. The quantitative estimate of drug-likeness (QED) is 0.777. The summed E-state index contributed by atoms with van der Waals surface area (Å²) in [6, 6.07) is 1.62. The zero-order chi connectivity index (χ0) is 18.8. The molecule has 0 aliphatic carbocycles. The molecular weight excluding hydrogens is 368 g/mol. The third-order valence-electron chi connectivity index (χ3n) is 5.16. The van der Waals surface area contributed by atoms with Crippen LogP contribution in [0, 0.1) is 0 Å². The number of carbonyl (C=O) groups is 1. The maximum atomic E-state index is 12.8. The summed E-state index contributed by atoms with van der Waals surface area (Å²) >= 11 is 1.32. The number of hydrogen-bond acceptors (Lipinski definition) is 8. The maximum Gasteiger partial charge on any atom is 0.274 e. The standard InChI is InChI=1S/C17H24N6O3S/c1-2-21-5-3-4-12(21)11-18-15(25)13-10-14(24)19-16-23(13)20-17(27-16)22-6-8-26-9-7-22/h10,12H,2-9,11H2,1H3,(H,18,25)/t12-/m1/s1. The second-order valence-corrected chi connectivity index (χ2v) is 7.73. The number of likely N-dealkylation sites (N-methyl/N-ethyl adjacent to an activating group) is 1. The zero-order valence-corrected chi connectivity index (χ0v) is 16.2. The molecule has 4 heterocycles. The second kappa shape index (κ2) is 7.91. The molecule has 2 fully saturated rings. The van der Waals surface area contributed by atoms with Crippen molar-refractivity contribution >= 4 is 27.3 Å². The number of anilines is 1. The summed E-state index contributed by atoms with van der Waals surface area (Å²) in [5.74, 6) is -0.286. The number of rotatable bonds is 5. The van der Waals surface area contributed by atoms with Gasteiger partial charge in [0, 0.05) is 31.7 Å². The number of amides is 1. The van der Waals surface area contributed by atoms with Gasteiger partial charge < -0.3 is 15.0 Å². The van der Waals surface area contributed by atoms with Crippen LogP contribution in [0.1, 0.15) is 30.3 Å². The molecule has 0 spiro atoms. The molecule has 2 saturated heterocycles. The average Bonchev–Trinajstić information content (AvgIpc) is 3.32. The van der Waals surface area contributed by atoms with E-state index in [1.54, 1.807) is 0 Å². The summed E-state index contributed by atoms with van der Waals surface area (Å²) in [5, 5.41) is 8.27. The van der Waals surface area contributed by atoms with Crippen LogP contribution < -0.4 is 15.8 Å². The summed E-state index contributed by atoms with van der Waals surface area (Å²) < 4.78 is 6.85. The van der Waals surface area contributed by atoms with Gasteiger partial charge in [0.25, 0.3) is 11.5 Å². The third kappa shape index (κ3) is 3.83. The van der Waals surface area contributed by atoms with E-state index < -0.39 is 5.56 Å². The third-order valence-corrected chi connectivity index (χ3v) is 6.13. The van der Waals surface area contributed by atoms with E-state index in [1.807, 2.05) is 0 Å². The number of carbonyl (C=O) groups excluding carboxylic acids is 1. The van der Waals surface area contributed by atoms with E-state index in [0.717, 1.165) is 44.2 Å². The Morgan fingerprint density at radius 1 is 1.37 bits per heavy atom. The van der Waals surface area contributed by atoms with Gasteiger partial charge in [-0.3, -0.25) is 14.5 Å². The first kappa shape index (κ1) is 18.3. The first-order valence-corrected chi connectivity index (χ1v) is 10.2. The molecule has 27 heavy (non-hydrogen) atoms. The van der Waals surface area contributed by atoms with Gasteiger partial charge in [0.1, 0.15) is 5.69 Å². The molecule has 146 valence electrons. The highest BCUT2D eigenvalue weighted by Crippen LogP contribution is 2.23. The smallest absolute Gasteiger partial charge is 0.274 e. The lowest BCUT2D eigenvalue weighted by Crippen LogP contribution is -2.40. The zero-order valence-electron chi connectivity index (χ0n) is 15.4. The first-order valence-electron chi connectivity index (χ1n) is 9.41. The van der Waals surface area contributed by atoms with Crippen molar-refractivity contribution in [2.24, 2.45) is 0 Å². The number of fused-ring (bicyclic) bond motifs is 1. The van der Waals surface area contributed by atoms with Crippen LogP contribution in [0.2, 0.25) is 0 Å². The normalized spacial score (nSPS) is 21.1. The fourth-order valence-electron chi connectivity index (χ4n) is 3.69. The average molecular weight is 392 g/mol. The fourth-order valence-corrected chi connectivity index (χ4v) is 4.65. The summed E-state index contributed by atoms with van der Waals surface area (Å²) in [7, 11) is 0. The molecule has 0 aromatic carbocycles. The molecule has 9 nitrogen and oxygen atoms in total. The van der Waals surface area contributed by atoms with Gasteiger partial charge in [-0.2, -0.15) is 9.50 Å². The summed E-state index contributed by atoms with van der Waals surface area (Å²) in [6.45, 7) is 7.52. The molecule has 0 bridgehead atoms. The van der Waals surface area contributed by atoms with Crippen LogP contribution in [0.3, 0.4) is 0 Å². The van der Waals surface area contributed by atoms with Gasteiger partial charge in [-0.1, -0.05) is 18.3 Å². The molecule has 1 atom stereocenters. The van der Waals surface area contributed by atoms with Crippen molar-refractivity contribution in [1.29, 1.82) is 0 Å². The minimum atomic E-state index is -0.423. The Hall–Kier alpha value is -2.04. The number of aromatic nitrogens is 3. The Morgan fingerprint density at radius 2 is 2.19 bits per heavy atom. The lowest BCUT2D eigenvalue weighted by Gasteiger charge is -2.25. The van der Waals surface area contributed by atoms with Gasteiger partial charge in [0.15, 0.2) is 0 Å². The Bertz CT molecular complexity index is 875. The molecule has 1 amide bonds. The van der Waals surface area contributed by atoms with Gasteiger partial charge >= 0.3 is 0 Å². The molecule has 10 heteroatoms. The fraction of sp³-hybridized carbons (Fsp3) is 0.647. The molecule has 2 aromatic rings. The van der Waals surface area contributed by atoms with Crippen LogP contribution in [0.25, 0.3) is 4.96 Å². The highest BCUT2D eigenvalue weighted by atomic mass is 32.1. The maximum absolute atomic E-state index is 12.8. The van der Waals surface area contributed by atoms with Crippen LogP contribution in [0.5, 0.6) is 0 Å². The van der Waals surface area contributed by atoms with E-state index >= 15 is 0 Å². The number of nitrogens with zero attached hydrogens (tertiary/aromatic N) is 5. The van der Waals surface area contributed by atoms with Crippen LogP contribution in [-0.2, 0) is 4.74 Å². The topological polar surface area (TPSA) is 92.1 Å². The first-order chi connectivity index (χ1) is 13.2. The van der Waals surface area contributed by atoms with Crippen molar-refractivity contribution in [3.05, 3.63) is 22.1 Å². The van der Waals surface area contributed by atoms with Gasteiger partial charge in [0.2, 0.25) is 10.1 Å². The van der Waals surface area contributed by atoms with E-state index in [-0.39, 0.29) is 11.6 Å². The van der Waals surface area contributed by atoms with Crippen molar-refractivity contribution in [3.8, 4) is 0 Å². The molecule has 0 unspecified atom stereocenters. The minimum absolute atomic E-state index is 0.238. The molecule has 4 rings (SSSR count). The van der Waals surface area contributed by atoms with Gasteiger partial charge in [-0.15, -0.1) is 5.10 Å². The van der Waals surface area contributed by atoms with E-state index in [2.05, 4.69) is 32.1 Å². The van der Waals surface area contributed by atoms with Crippen LogP contribution >= 0.6 is 11.3 Å². The van der Waals surface area contributed by atoms with Crippen LogP contribution in [0.15, 0.2) is 10.9 Å². The van der Waals surface area contributed by atoms with Crippen LogP contribution in [0.4, 0.5) is 5.13 Å². The van der Waals surface area contributed by atoms with Crippen LogP contribution in [-0.4, -0.2) is 77.4 Å². The van der Waals surface area contributed by atoms with Crippen molar-refractivity contribution in [2.75, 3.05) is 50.8 Å². The molecular formula is C17H24N6O3S. The predicted octanol–water partition coefficient (Wildman–Crippen LogP) is 0.202. The molecule has 2 aliphatic rings. The van der Waals surface area contributed by atoms with Crippen molar-refractivity contribution in [3.63, 3.8) is 0 Å². The minimum Gasteiger partial charge on any atom is -0.378 e. The van der Waals surface area contributed by atoms with E-state index in [1.165, 1.54) is 21.9 Å². The Morgan fingerprint density at radius 3 is 2.96 bits per heavy atom. The number of likely N-dealkylation sites (tertiary alicyclic amines) is 1. The lowest BCUT2D eigenvalue weighted by atomic mass is 10.2. The molecule has 1 N–H and O–H groups in total. The number of ether oxygens (including phenoxy) is 1. The van der Waals surface area contributed by atoms with E-state index in [0.29, 0.717) is 30.8 Å². The summed E-state index contributed by atoms with van der Waals surface area (Å²) in [4.78, 5) is 33.7. The monoisotopic (exact) mass is 392 g/mol. The highest BCUT2D eigenvalue weighted by molar-refractivity contribution is 7.20. The summed E-state index contributed by atoms with van der Waals surface area (Å²) in [5.41, 5.74) is -0.185. The SMILES string of the molecule is CCN1CCC[C@@H]1CNC(=O)c1cc(=O)nc2sc(N3CCOCC3)nn12. The Kier molecular flexibility index (Phi) is 5.37. The Labute approximate surface area is 160 Å². The Balaban J connectivity index is 1.55. The molecule has 2 aliphatic heterocycles. The predicted molar refractivity (Wildman–Crippen MR) is 103 cm³/mol. The van der Waals surface area contributed by atoms with Gasteiger partial charge in [-0.05, 0) is 25.9 Å². The highest BCUT2D eigenvalue weighted by Gasteiger charge is 2.25. The molecule has 2 aromatic heterocycles. The van der Waals surface area contributed by atoms with E-state index in [4.69, 9.17) is 4.74 Å². The molecule has 0 saturated carbocycles. The number of morpholine rings is 1. The van der Waals surface area contributed by atoms with Crippen molar-refractivity contribution < 1.29 is 9.53 Å². The summed E-state index contributed by atoms with van der Waals surface area (Å²) in [6.07, 6.45) is 2.24. The van der Waals surface area contributed by atoms with Gasteiger partial charge in [-0.25, -0.2) is 0 Å². The van der Waals surface area contributed by atoms with Crippen molar-refractivity contribution in [1.82, 2.24) is 24.8 Å². The molecule has 0 radical (unpaired) electrons. The van der Waals surface area contributed by atoms with Crippen molar-refractivity contribution in [2.45, 2.75) is 25.8 Å². The number of hydrogen-bond donors (Lipinski definition) is 1. The second-order valence-electron chi connectivity index (χ2n) is 6.79.